The van der Waals surface area contributed by atoms with Crippen LogP contribution in [0.1, 0.15) is 6.92 Å². The molecule has 0 fully saturated rings. The number of anilines is 2. The molecule has 0 spiro atoms. The highest BCUT2D eigenvalue weighted by molar-refractivity contribution is 8.03. The fraction of sp³-hybridized carbons (Fsp3) is 0.294. The molecule has 26 heavy (non-hydrogen) atoms. The van der Waals surface area contributed by atoms with Crippen molar-refractivity contribution in [2.75, 3.05) is 35.4 Å². The number of carbonyl (C=O) groups excluding carboxylic acids is 1. The van der Waals surface area contributed by atoms with Gasteiger partial charge in [-0.25, -0.2) is 0 Å². The summed E-state index contributed by atoms with van der Waals surface area (Å²) >= 11 is 4.42. The second-order valence-electron chi connectivity index (χ2n) is 5.40. The second kappa shape index (κ2) is 8.12. The van der Waals surface area contributed by atoms with E-state index in [-0.39, 0.29) is 17.1 Å². The normalized spacial score (nSPS) is 12.9. The molecule has 2 heterocycles. The van der Waals surface area contributed by atoms with Gasteiger partial charge in [0.1, 0.15) is 17.5 Å². The summed E-state index contributed by atoms with van der Waals surface area (Å²) in [5.74, 6) is 1.50. The third kappa shape index (κ3) is 3.58. The molecule has 3 rings (SSSR count). The Balaban J connectivity index is 1.79. The standard InChI is InChI=1S/C17H17N5OS3/c1-4-24-16-19-20-17(26-16)25-10-14(23)11(9-18)15-21(2)12-7-5-6-8-13(12)22(15)3/h5-8H,4,10H2,1-3H3. The number of ketones is 1. The monoisotopic (exact) mass is 403 g/mol. The summed E-state index contributed by atoms with van der Waals surface area (Å²) in [6.45, 7) is 2.06. The molecule has 2 aromatic rings. The van der Waals surface area contributed by atoms with Gasteiger partial charge in [0.2, 0.25) is 0 Å². The summed E-state index contributed by atoms with van der Waals surface area (Å²) < 4.78 is 1.64. The van der Waals surface area contributed by atoms with Gasteiger partial charge >= 0.3 is 0 Å². The van der Waals surface area contributed by atoms with Crippen LogP contribution in [0.25, 0.3) is 0 Å². The van der Waals surface area contributed by atoms with Crippen molar-refractivity contribution in [2.45, 2.75) is 15.6 Å². The van der Waals surface area contributed by atoms with E-state index < -0.39 is 0 Å². The van der Waals surface area contributed by atoms with Gasteiger partial charge < -0.3 is 9.80 Å². The number of nitrogens with zero attached hydrogens (tertiary/aromatic N) is 5. The van der Waals surface area contributed by atoms with Crippen LogP contribution in [-0.2, 0) is 4.79 Å². The number of allylic oxidation sites excluding steroid dienone is 1. The van der Waals surface area contributed by atoms with Gasteiger partial charge in [-0.05, 0) is 17.9 Å². The molecule has 134 valence electrons. The number of hydrogen-bond donors (Lipinski definition) is 0. The molecule has 1 aromatic carbocycles. The highest BCUT2D eigenvalue weighted by Gasteiger charge is 2.31. The minimum Gasteiger partial charge on any atom is -0.328 e. The van der Waals surface area contributed by atoms with Crippen molar-refractivity contribution in [3.05, 3.63) is 35.7 Å². The van der Waals surface area contributed by atoms with E-state index in [0.29, 0.717) is 5.82 Å². The Morgan fingerprint density at radius 3 is 2.27 bits per heavy atom. The lowest BCUT2D eigenvalue weighted by molar-refractivity contribution is -0.112. The van der Waals surface area contributed by atoms with E-state index in [1.165, 1.54) is 23.1 Å². The molecule has 1 aliphatic rings. The molecule has 0 bridgehead atoms. The summed E-state index contributed by atoms with van der Waals surface area (Å²) in [6.07, 6.45) is 0. The summed E-state index contributed by atoms with van der Waals surface area (Å²) in [5.41, 5.74) is 2.11. The van der Waals surface area contributed by atoms with Crippen molar-refractivity contribution in [2.24, 2.45) is 0 Å². The number of nitriles is 1. The van der Waals surface area contributed by atoms with Crippen LogP contribution in [0.5, 0.6) is 0 Å². The minimum absolute atomic E-state index is 0.159. The molecule has 0 saturated heterocycles. The number of carbonyl (C=O) groups is 1. The van der Waals surface area contributed by atoms with Gasteiger partial charge in [-0.15, -0.1) is 10.2 Å². The highest BCUT2D eigenvalue weighted by Crippen LogP contribution is 2.40. The Bertz CT molecular complexity index is 871. The number of aromatic nitrogens is 2. The van der Waals surface area contributed by atoms with E-state index in [0.717, 1.165) is 25.8 Å². The predicted octanol–water partition coefficient (Wildman–Crippen LogP) is 3.63. The first-order chi connectivity index (χ1) is 12.6. The zero-order chi connectivity index (χ0) is 18.7. The topological polar surface area (TPSA) is 73.1 Å². The number of Topliss-reactive ketones (excluding diaryl/α,β-unsaturated/α-hetero) is 1. The molecule has 0 aliphatic carbocycles. The molecule has 1 aromatic heterocycles. The first kappa shape index (κ1) is 18.8. The van der Waals surface area contributed by atoms with Crippen molar-refractivity contribution in [3.63, 3.8) is 0 Å². The number of rotatable bonds is 6. The molecule has 1 aliphatic heterocycles. The third-order valence-electron chi connectivity index (χ3n) is 3.84. The van der Waals surface area contributed by atoms with E-state index in [1.807, 2.05) is 48.2 Å². The van der Waals surface area contributed by atoms with Gasteiger partial charge in [-0.2, -0.15) is 5.26 Å². The average molecular weight is 404 g/mol. The Hall–Kier alpha value is -2.02. The predicted molar refractivity (Wildman–Crippen MR) is 108 cm³/mol. The maximum Gasteiger partial charge on any atom is 0.187 e. The van der Waals surface area contributed by atoms with E-state index in [4.69, 9.17) is 0 Å². The molecule has 0 saturated carbocycles. The van der Waals surface area contributed by atoms with Crippen molar-refractivity contribution in [3.8, 4) is 6.07 Å². The second-order valence-corrected chi connectivity index (χ2v) is 9.11. The van der Waals surface area contributed by atoms with Crippen molar-refractivity contribution >= 4 is 52.0 Å². The fourth-order valence-electron chi connectivity index (χ4n) is 2.69. The van der Waals surface area contributed by atoms with E-state index in [9.17, 15) is 10.1 Å². The smallest absolute Gasteiger partial charge is 0.187 e. The number of para-hydroxylation sites is 2. The lowest BCUT2D eigenvalue weighted by atomic mass is 10.2. The molecular formula is C17H17N5OS3. The first-order valence-electron chi connectivity index (χ1n) is 7.90. The van der Waals surface area contributed by atoms with Crippen LogP contribution in [0.4, 0.5) is 11.4 Å². The lowest BCUT2D eigenvalue weighted by Crippen LogP contribution is -2.26. The molecule has 0 amide bonds. The number of thioether (sulfide) groups is 2. The van der Waals surface area contributed by atoms with Crippen LogP contribution in [0.3, 0.4) is 0 Å². The first-order valence-corrected chi connectivity index (χ1v) is 10.7. The summed E-state index contributed by atoms with van der Waals surface area (Å²) in [7, 11) is 3.74. The quantitative estimate of drug-likeness (QED) is 0.411. The maximum absolute atomic E-state index is 12.7. The number of fused-ring (bicyclic) bond motifs is 1. The van der Waals surface area contributed by atoms with Crippen LogP contribution in [0.15, 0.2) is 44.3 Å². The highest BCUT2D eigenvalue weighted by atomic mass is 32.2. The summed E-state index contributed by atoms with van der Waals surface area (Å²) in [6, 6.07) is 9.93. The SMILES string of the molecule is CCSc1nnc(SCC(=O)C(C#N)=C2N(C)c3ccccc3N2C)s1. The van der Waals surface area contributed by atoms with Crippen LogP contribution < -0.4 is 9.80 Å². The molecular weight excluding hydrogens is 386 g/mol. The number of hydrogen-bond acceptors (Lipinski definition) is 9. The fourth-order valence-corrected chi connectivity index (χ4v) is 5.48. The Kier molecular flexibility index (Phi) is 5.86. The van der Waals surface area contributed by atoms with Gasteiger partial charge in [0, 0.05) is 14.1 Å². The largest absolute Gasteiger partial charge is 0.328 e. The Morgan fingerprint density at radius 1 is 1.15 bits per heavy atom. The van der Waals surface area contributed by atoms with Crippen LogP contribution in [0.2, 0.25) is 0 Å². The summed E-state index contributed by atoms with van der Waals surface area (Å²) in [5, 5.41) is 17.8. The van der Waals surface area contributed by atoms with Crippen LogP contribution in [0, 0.1) is 11.3 Å². The Labute approximate surface area is 164 Å². The molecule has 6 nitrogen and oxygen atoms in total. The van der Waals surface area contributed by atoms with Crippen LogP contribution >= 0.6 is 34.9 Å². The van der Waals surface area contributed by atoms with Gasteiger partial charge in [0.05, 0.1) is 17.1 Å². The average Bonchev–Trinajstić information content (AvgIpc) is 3.19. The zero-order valence-corrected chi connectivity index (χ0v) is 17.0. The van der Waals surface area contributed by atoms with Crippen molar-refractivity contribution in [1.29, 1.82) is 5.26 Å². The van der Waals surface area contributed by atoms with E-state index >= 15 is 0 Å². The van der Waals surface area contributed by atoms with Gasteiger partial charge in [-0.3, -0.25) is 4.79 Å². The minimum atomic E-state index is -0.209. The molecule has 0 atom stereocenters. The zero-order valence-electron chi connectivity index (χ0n) is 14.6. The Morgan fingerprint density at radius 2 is 1.73 bits per heavy atom. The van der Waals surface area contributed by atoms with Gasteiger partial charge in [0.25, 0.3) is 0 Å². The van der Waals surface area contributed by atoms with E-state index in [2.05, 4.69) is 23.2 Å². The van der Waals surface area contributed by atoms with Crippen molar-refractivity contribution in [1.82, 2.24) is 10.2 Å². The van der Waals surface area contributed by atoms with E-state index in [1.54, 1.807) is 11.8 Å². The number of benzene rings is 1. The lowest BCUT2D eigenvalue weighted by Gasteiger charge is -2.19. The maximum atomic E-state index is 12.7. The van der Waals surface area contributed by atoms with Crippen LogP contribution in [-0.4, -0.2) is 41.6 Å². The molecule has 0 radical (unpaired) electrons. The third-order valence-corrected chi connectivity index (χ3v) is 6.91. The summed E-state index contributed by atoms with van der Waals surface area (Å²) in [4.78, 5) is 16.5. The van der Waals surface area contributed by atoms with Gasteiger partial charge in [0.15, 0.2) is 14.5 Å². The molecule has 0 unspecified atom stereocenters. The van der Waals surface area contributed by atoms with Gasteiger partial charge in [-0.1, -0.05) is 53.9 Å². The van der Waals surface area contributed by atoms with Crippen molar-refractivity contribution < 1.29 is 4.79 Å². The molecule has 9 heteroatoms. The molecule has 0 N–H and O–H groups in total.